The fourth-order valence-electron chi connectivity index (χ4n) is 4.53. The van der Waals surface area contributed by atoms with Crippen molar-refractivity contribution in [2.75, 3.05) is 6.54 Å². The standard InChI is InChI=1S/C16H16N2O2.C13H26N4O2/c17-16(20)15(18-11-19)10-12-6-8-14(9-7-12)13-4-2-1-3-5-13;1-8(2)12(17(15)10(4)6-14)13(19)16-7-11(18)5-9(16)3/h1-9,11,15H,10H2,(H2,17,20)(H,18,19);6,8-9,11-12,18H,5,7,14-15H2,1-4H3/b;10-6-. The van der Waals surface area contributed by atoms with Gasteiger partial charge < -0.3 is 31.8 Å². The fraction of sp³-hybridized carbons (Fsp3) is 0.414. The minimum absolute atomic E-state index is 0.0410. The molecule has 4 unspecified atom stereocenters. The van der Waals surface area contributed by atoms with Crippen molar-refractivity contribution < 1.29 is 19.5 Å². The molecule has 0 saturated carbocycles. The number of likely N-dealkylation sites (tertiary alicyclic amines) is 1. The maximum Gasteiger partial charge on any atom is 0.247 e. The number of benzene rings is 2. The number of carbonyl (C=O) groups excluding carboxylic acids is 3. The van der Waals surface area contributed by atoms with Crippen LogP contribution in [0.2, 0.25) is 0 Å². The molecule has 4 atom stereocenters. The van der Waals surface area contributed by atoms with Crippen LogP contribution in [0.4, 0.5) is 0 Å². The molecule has 212 valence electrons. The molecular formula is C29H42N6O4. The fourth-order valence-corrected chi connectivity index (χ4v) is 4.53. The third-order valence-electron chi connectivity index (χ3n) is 6.78. The van der Waals surface area contributed by atoms with E-state index in [1.54, 1.807) is 11.8 Å². The Balaban J connectivity index is 0.000000274. The van der Waals surface area contributed by atoms with Gasteiger partial charge >= 0.3 is 0 Å². The van der Waals surface area contributed by atoms with E-state index in [0.717, 1.165) is 16.7 Å². The predicted octanol–water partition coefficient (Wildman–Crippen LogP) is 1.48. The van der Waals surface area contributed by atoms with Gasteiger partial charge in [0.15, 0.2) is 0 Å². The van der Waals surface area contributed by atoms with Crippen molar-refractivity contribution in [1.82, 2.24) is 15.2 Å². The molecule has 8 N–H and O–H groups in total. The van der Waals surface area contributed by atoms with E-state index in [-0.39, 0.29) is 17.9 Å². The molecule has 3 amide bonds. The molecule has 1 aliphatic rings. The second-order valence-electron chi connectivity index (χ2n) is 10.1. The number of β-amino-alcohol motifs (C(OH)–C–C–N with tert-alkyl or cyclic N) is 1. The van der Waals surface area contributed by atoms with Crippen LogP contribution in [0, 0.1) is 5.92 Å². The van der Waals surface area contributed by atoms with Crippen LogP contribution in [0.15, 0.2) is 66.5 Å². The van der Waals surface area contributed by atoms with Crippen molar-refractivity contribution in [1.29, 1.82) is 0 Å². The third-order valence-corrected chi connectivity index (χ3v) is 6.78. The van der Waals surface area contributed by atoms with Gasteiger partial charge in [-0.3, -0.25) is 14.4 Å². The number of primary amides is 1. The predicted molar refractivity (Wildman–Crippen MR) is 152 cm³/mol. The summed E-state index contributed by atoms with van der Waals surface area (Å²) >= 11 is 0. The minimum atomic E-state index is -0.671. The molecule has 1 heterocycles. The van der Waals surface area contributed by atoms with Gasteiger partial charge in [-0.1, -0.05) is 68.4 Å². The van der Waals surface area contributed by atoms with Crippen LogP contribution in [-0.4, -0.2) is 64.0 Å². The smallest absolute Gasteiger partial charge is 0.247 e. The molecule has 10 nitrogen and oxygen atoms in total. The Morgan fingerprint density at radius 2 is 1.72 bits per heavy atom. The molecule has 3 rings (SSSR count). The Kier molecular flexibility index (Phi) is 12.0. The highest BCUT2D eigenvalue weighted by Crippen LogP contribution is 2.23. The van der Waals surface area contributed by atoms with Crippen molar-refractivity contribution in [2.24, 2.45) is 23.2 Å². The summed E-state index contributed by atoms with van der Waals surface area (Å²) in [6.45, 7) is 7.98. The lowest BCUT2D eigenvalue weighted by molar-refractivity contribution is -0.139. The monoisotopic (exact) mass is 538 g/mol. The van der Waals surface area contributed by atoms with E-state index >= 15 is 0 Å². The number of hydrazine groups is 1. The molecule has 0 aliphatic carbocycles. The molecule has 39 heavy (non-hydrogen) atoms. The highest BCUT2D eigenvalue weighted by Gasteiger charge is 2.38. The summed E-state index contributed by atoms with van der Waals surface area (Å²) in [6.07, 6.45) is 2.46. The summed E-state index contributed by atoms with van der Waals surface area (Å²) in [4.78, 5) is 36.0. The molecule has 0 aromatic heterocycles. The van der Waals surface area contributed by atoms with E-state index in [4.69, 9.17) is 17.3 Å². The molecule has 0 radical (unpaired) electrons. The molecule has 1 saturated heterocycles. The van der Waals surface area contributed by atoms with Crippen molar-refractivity contribution in [3.8, 4) is 11.1 Å². The van der Waals surface area contributed by atoms with Crippen LogP contribution in [0.25, 0.3) is 11.1 Å². The zero-order chi connectivity index (χ0) is 29.1. The van der Waals surface area contributed by atoms with Gasteiger partial charge in [-0.05, 0) is 42.9 Å². The summed E-state index contributed by atoms with van der Waals surface area (Å²) < 4.78 is 0. The van der Waals surface area contributed by atoms with Crippen molar-refractivity contribution >= 4 is 18.2 Å². The number of rotatable bonds is 10. The first-order valence-electron chi connectivity index (χ1n) is 13.0. The van der Waals surface area contributed by atoms with Gasteiger partial charge in [0.1, 0.15) is 12.1 Å². The third kappa shape index (κ3) is 8.83. The summed E-state index contributed by atoms with van der Waals surface area (Å²) in [5.41, 5.74) is 14.5. The average molecular weight is 539 g/mol. The molecule has 0 spiro atoms. The average Bonchev–Trinajstić information content (AvgIpc) is 3.26. The normalized spacial score (nSPS) is 18.5. The Morgan fingerprint density at radius 3 is 2.18 bits per heavy atom. The Hall–Kier alpha value is -3.89. The maximum atomic E-state index is 12.6. The highest BCUT2D eigenvalue weighted by atomic mass is 16.3. The summed E-state index contributed by atoms with van der Waals surface area (Å²) in [6, 6.07) is 16.8. The van der Waals surface area contributed by atoms with Gasteiger partial charge in [0.25, 0.3) is 0 Å². The number of hydrogen-bond acceptors (Lipinski definition) is 7. The second-order valence-corrected chi connectivity index (χ2v) is 10.1. The quantitative estimate of drug-likeness (QED) is 0.173. The van der Waals surface area contributed by atoms with Gasteiger partial charge in [-0.25, -0.2) is 5.84 Å². The van der Waals surface area contributed by atoms with Crippen molar-refractivity contribution in [2.45, 2.75) is 64.8 Å². The lowest BCUT2D eigenvalue weighted by Crippen LogP contribution is -2.54. The van der Waals surface area contributed by atoms with Gasteiger partial charge in [0, 0.05) is 30.9 Å². The maximum absolute atomic E-state index is 12.6. The van der Waals surface area contributed by atoms with Crippen LogP contribution in [0.5, 0.6) is 0 Å². The number of nitrogens with one attached hydrogen (secondary N) is 1. The SMILES string of the molecule is C/C(=C/N)N(N)C(C(=O)N1CC(O)CC1C)C(C)C.NC(=O)C(Cc1ccc(-c2ccccc2)cc1)NC=O. The van der Waals surface area contributed by atoms with Gasteiger partial charge in [0.05, 0.1) is 6.10 Å². The van der Waals surface area contributed by atoms with E-state index in [1.165, 1.54) is 11.2 Å². The zero-order valence-electron chi connectivity index (χ0n) is 23.2. The molecule has 1 fully saturated rings. The van der Waals surface area contributed by atoms with Gasteiger partial charge in [-0.2, -0.15) is 0 Å². The highest BCUT2D eigenvalue weighted by molar-refractivity contribution is 5.83. The van der Waals surface area contributed by atoms with E-state index < -0.39 is 24.1 Å². The van der Waals surface area contributed by atoms with Gasteiger partial charge in [0.2, 0.25) is 18.2 Å². The number of nitrogens with zero attached hydrogens (tertiary/aromatic N) is 2. The van der Waals surface area contributed by atoms with E-state index in [0.29, 0.717) is 31.5 Å². The molecular weight excluding hydrogens is 496 g/mol. The van der Waals surface area contributed by atoms with Crippen LogP contribution in [0.3, 0.4) is 0 Å². The molecule has 2 aromatic rings. The summed E-state index contributed by atoms with van der Waals surface area (Å²) in [7, 11) is 0. The summed E-state index contributed by atoms with van der Waals surface area (Å²) in [5.74, 6) is 5.46. The second kappa shape index (κ2) is 14.9. The molecule has 10 heteroatoms. The zero-order valence-corrected chi connectivity index (χ0v) is 23.2. The van der Waals surface area contributed by atoms with Crippen LogP contribution in [0.1, 0.15) is 39.7 Å². The van der Waals surface area contributed by atoms with E-state index in [1.807, 2.05) is 75.4 Å². The van der Waals surface area contributed by atoms with Crippen LogP contribution < -0.4 is 22.6 Å². The van der Waals surface area contributed by atoms with Crippen LogP contribution in [-0.2, 0) is 20.8 Å². The number of aliphatic hydroxyl groups is 1. The Bertz CT molecular complexity index is 1110. The first-order chi connectivity index (χ1) is 18.5. The van der Waals surface area contributed by atoms with Crippen LogP contribution >= 0.6 is 0 Å². The molecule has 0 bridgehead atoms. The van der Waals surface area contributed by atoms with E-state index in [2.05, 4.69) is 5.32 Å². The largest absolute Gasteiger partial charge is 0.403 e. The summed E-state index contributed by atoms with van der Waals surface area (Å²) in [5, 5.41) is 13.5. The topological polar surface area (TPSA) is 168 Å². The van der Waals surface area contributed by atoms with Crippen molar-refractivity contribution in [3.63, 3.8) is 0 Å². The Morgan fingerprint density at radius 1 is 1.13 bits per heavy atom. The first kappa shape index (κ1) is 31.3. The minimum Gasteiger partial charge on any atom is -0.403 e. The number of nitrogens with two attached hydrogens (primary N) is 3. The first-order valence-corrected chi connectivity index (χ1v) is 13.0. The number of hydrogen-bond donors (Lipinski definition) is 5. The van der Waals surface area contributed by atoms with E-state index in [9.17, 15) is 19.5 Å². The lowest BCUT2D eigenvalue weighted by Gasteiger charge is -2.35. The number of aliphatic hydroxyl groups excluding tert-OH is 1. The molecule has 2 aromatic carbocycles. The lowest BCUT2D eigenvalue weighted by atomic mass is 10.0. The van der Waals surface area contributed by atoms with Gasteiger partial charge in [-0.15, -0.1) is 0 Å². The molecule has 1 aliphatic heterocycles. The number of allylic oxidation sites excluding steroid dienone is 1. The van der Waals surface area contributed by atoms with Crippen molar-refractivity contribution in [3.05, 3.63) is 72.1 Å². The number of carbonyl (C=O) groups is 3. The number of amides is 3. The Labute approximate surface area is 230 Å².